The lowest BCUT2D eigenvalue weighted by Gasteiger charge is -2.40. The monoisotopic (exact) mass is 304 g/mol. The van der Waals surface area contributed by atoms with Crippen molar-refractivity contribution in [2.45, 2.75) is 39.8 Å². The smallest absolute Gasteiger partial charge is 0.133 e. The molecule has 0 aromatic heterocycles. The Balaban J connectivity index is 2.04. The van der Waals surface area contributed by atoms with Gasteiger partial charge in [0.15, 0.2) is 0 Å². The van der Waals surface area contributed by atoms with Gasteiger partial charge in [-0.15, -0.1) is 0 Å². The molecular weight excluding hydrogens is 280 g/mol. The Morgan fingerprint density at radius 1 is 1.00 bits per heavy atom. The van der Waals surface area contributed by atoms with E-state index >= 15 is 0 Å². The topological polar surface area (TPSA) is 6.48 Å². The van der Waals surface area contributed by atoms with Crippen molar-refractivity contribution in [3.05, 3.63) is 65.5 Å². The number of nitrogens with zero attached hydrogens (tertiary/aromatic N) is 2. The molecule has 0 bridgehead atoms. The molecule has 0 radical (unpaired) electrons. The van der Waals surface area contributed by atoms with Gasteiger partial charge in [0.1, 0.15) is 6.17 Å². The highest BCUT2D eigenvalue weighted by molar-refractivity contribution is 5.86. The van der Waals surface area contributed by atoms with Crippen molar-refractivity contribution >= 4 is 5.69 Å². The fourth-order valence-corrected chi connectivity index (χ4v) is 4.14. The maximum Gasteiger partial charge on any atom is 0.133 e. The van der Waals surface area contributed by atoms with Crippen LogP contribution in [0.5, 0.6) is 0 Å². The minimum absolute atomic E-state index is 0.295. The predicted molar refractivity (Wildman–Crippen MR) is 97.3 cm³/mol. The summed E-state index contributed by atoms with van der Waals surface area (Å²) >= 11 is 0. The molecule has 118 valence electrons. The summed E-state index contributed by atoms with van der Waals surface area (Å²) in [5.74, 6) is 0.525. The van der Waals surface area contributed by atoms with Gasteiger partial charge in [0.2, 0.25) is 0 Å². The van der Waals surface area contributed by atoms with E-state index in [0.29, 0.717) is 12.1 Å². The molecule has 2 aliphatic rings. The van der Waals surface area contributed by atoms with Gasteiger partial charge in [0.05, 0.1) is 5.69 Å². The number of benzene rings is 2. The first-order valence-corrected chi connectivity index (χ1v) is 8.59. The van der Waals surface area contributed by atoms with Crippen LogP contribution in [0.2, 0.25) is 0 Å². The molecule has 0 saturated heterocycles. The molecule has 2 aromatic carbocycles. The number of hydrogen-bond acceptors (Lipinski definition) is 2. The van der Waals surface area contributed by atoms with Crippen molar-refractivity contribution in [1.29, 1.82) is 0 Å². The van der Waals surface area contributed by atoms with Crippen LogP contribution in [0.4, 0.5) is 5.69 Å². The second kappa shape index (κ2) is 5.16. The van der Waals surface area contributed by atoms with Gasteiger partial charge in [-0.1, -0.05) is 50.2 Å². The quantitative estimate of drug-likeness (QED) is 0.723. The van der Waals surface area contributed by atoms with Gasteiger partial charge in [0, 0.05) is 29.6 Å². The molecule has 0 spiro atoms. The molecular formula is C21H24N2. The van der Waals surface area contributed by atoms with E-state index in [1.807, 2.05) is 0 Å². The lowest BCUT2D eigenvalue weighted by atomic mass is 9.84. The van der Waals surface area contributed by atoms with Crippen molar-refractivity contribution < 1.29 is 0 Å². The highest BCUT2D eigenvalue weighted by atomic mass is 15.4. The highest BCUT2D eigenvalue weighted by Crippen LogP contribution is 2.51. The molecule has 1 unspecified atom stereocenters. The molecule has 2 nitrogen and oxygen atoms in total. The number of rotatable bonds is 2. The molecule has 2 aliphatic heterocycles. The van der Waals surface area contributed by atoms with E-state index in [2.05, 4.69) is 86.2 Å². The zero-order chi connectivity index (χ0) is 16.1. The minimum atomic E-state index is 0.295. The van der Waals surface area contributed by atoms with Crippen LogP contribution in [-0.4, -0.2) is 11.4 Å². The van der Waals surface area contributed by atoms with E-state index in [1.165, 1.54) is 33.6 Å². The average molecular weight is 304 g/mol. The molecule has 0 aliphatic carbocycles. The first kappa shape index (κ1) is 14.4. The minimum Gasteiger partial charge on any atom is -0.350 e. The van der Waals surface area contributed by atoms with Gasteiger partial charge in [-0.05, 0) is 37.0 Å². The maximum atomic E-state index is 2.51. The van der Waals surface area contributed by atoms with Crippen LogP contribution in [0.3, 0.4) is 0 Å². The van der Waals surface area contributed by atoms with E-state index in [1.54, 1.807) is 0 Å². The van der Waals surface area contributed by atoms with Crippen LogP contribution in [0.15, 0.2) is 54.4 Å². The Morgan fingerprint density at radius 2 is 1.74 bits per heavy atom. The van der Waals surface area contributed by atoms with E-state index in [4.69, 9.17) is 0 Å². The Morgan fingerprint density at radius 3 is 2.48 bits per heavy atom. The van der Waals surface area contributed by atoms with Gasteiger partial charge in [-0.3, -0.25) is 0 Å². The molecule has 0 fully saturated rings. The molecule has 0 N–H and O–H groups in total. The fourth-order valence-electron chi connectivity index (χ4n) is 4.14. The van der Waals surface area contributed by atoms with Crippen LogP contribution in [-0.2, 0) is 0 Å². The summed E-state index contributed by atoms with van der Waals surface area (Å²) in [6.45, 7) is 10.1. The molecule has 4 rings (SSSR count). The third-order valence-electron chi connectivity index (χ3n) is 5.17. The van der Waals surface area contributed by atoms with E-state index < -0.39 is 0 Å². The third-order valence-corrected chi connectivity index (χ3v) is 5.17. The first-order chi connectivity index (χ1) is 11.1. The van der Waals surface area contributed by atoms with Gasteiger partial charge >= 0.3 is 0 Å². The number of hydrogen-bond donors (Lipinski definition) is 0. The predicted octanol–water partition coefficient (Wildman–Crippen LogP) is 5.49. The molecule has 2 heteroatoms. The third kappa shape index (κ3) is 1.94. The standard InChI is InChI=1S/C21H24N2/c1-5-22-15(4)13-23-19-12-7-6-9-17(19)18-11-8-10-16(14(2)3)20(18)21(22)23/h6-14,21H,5H2,1-4H3. The maximum absolute atomic E-state index is 2.51. The molecule has 2 heterocycles. The first-order valence-electron chi connectivity index (χ1n) is 8.59. The summed E-state index contributed by atoms with van der Waals surface area (Å²) in [6.07, 6.45) is 2.61. The van der Waals surface area contributed by atoms with Gasteiger partial charge in [-0.2, -0.15) is 0 Å². The zero-order valence-electron chi connectivity index (χ0n) is 14.4. The van der Waals surface area contributed by atoms with E-state index in [0.717, 1.165) is 6.54 Å². The lowest BCUT2D eigenvalue weighted by Crippen LogP contribution is -2.35. The molecule has 0 saturated carbocycles. The average Bonchev–Trinajstić information content (AvgIpc) is 2.90. The molecule has 1 atom stereocenters. The van der Waals surface area contributed by atoms with Crippen molar-refractivity contribution in [3.63, 3.8) is 0 Å². The van der Waals surface area contributed by atoms with Gasteiger partial charge in [-0.25, -0.2) is 0 Å². The number of allylic oxidation sites excluding steroid dienone is 1. The normalized spacial score (nSPS) is 18.7. The lowest BCUT2D eigenvalue weighted by molar-refractivity contribution is 0.295. The Bertz CT molecular complexity index is 788. The summed E-state index contributed by atoms with van der Waals surface area (Å²) in [4.78, 5) is 4.98. The van der Waals surface area contributed by atoms with Crippen LogP contribution >= 0.6 is 0 Å². The molecule has 0 amide bonds. The number of anilines is 1. The second-order valence-electron chi connectivity index (χ2n) is 6.82. The summed E-state index contributed by atoms with van der Waals surface area (Å²) in [5.41, 5.74) is 8.36. The number of fused-ring (bicyclic) bond motifs is 6. The van der Waals surface area contributed by atoms with Crippen LogP contribution in [0, 0.1) is 0 Å². The van der Waals surface area contributed by atoms with Crippen molar-refractivity contribution in [1.82, 2.24) is 4.90 Å². The Labute approximate surface area is 139 Å². The highest BCUT2D eigenvalue weighted by Gasteiger charge is 2.39. The Hall–Kier alpha value is -2.22. The molecule has 2 aromatic rings. The summed E-state index contributed by atoms with van der Waals surface area (Å²) in [5, 5.41) is 0. The number of para-hydroxylation sites is 1. The SMILES string of the molecule is CCN1C(C)=CN2c3ccccc3-c3cccc(C(C)C)c3C12. The van der Waals surface area contributed by atoms with Crippen molar-refractivity contribution in [2.24, 2.45) is 0 Å². The van der Waals surface area contributed by atoms with Gasteiger partial charge in [0.25, 0.3) is 0 Å². The molecule has 23 heavy (non-hydrogen) atoms. The summed E-state index contributed by atoms with van der Waals surface area (Å²) < 4.78 is 0. The van der Waals surface area contributed by atoms with E-state index in [9.17, 15) is 0 Å². The summed E-state index contributed by atoms with van der Waals surface area (Å²) in [6, 6.07) is 15.6. The largest absolute Gasteiger partial charge is 0.350 e. The summed E-state index contributed by atoms with van der Waals surface area (Å²) in [7, 11) is 0. The van der Waals surface area contributed by atoms with Gasteiger partial charge < -0.3 is 9.80 Å². The second-order valence-corrected chi connectivity index (χ2v) is 6.82. The van der Waals surface area contributed by atoms with Crippen molar-refractivity contribution in [2.75, 3.05) is 11.4 Å². The zero-order valence-corrected chi connectivity index (χ0v) is 14.4. The Kier molecular flexibility index (Phi) is 3.22. The van der Waals surface area contributed by atoms with Crippen LogP contribution in [0.25, 0.3) is 11.1 Å². The fraction of sp³-hybridized carbons (Fsp3) is 0.333. The van der Waals surface area contributed by atoms with E-state index in [-0.39, 0.29) is 0 Å². The van der Waals surface area contributed by atoms with Crippen LogP contribution in [0.1, 0.15) is 50.9 Å². The van der Waals surface area contributed by atoms with Crippen LogP contribution < -0.4 is 4.90 Å². The van der Waals surface area contributed by atoms with Crippen molar-refractivity contribution in [3.8, 4) is 11.1 Å².